The number of hydrogen-bond acceptors (Lipinski definition) is 10. The SMILES string of the molecule is Cc1cc2c(Cl)ccnc2cc1OCCCN1CCC2(CC1)COC2.Cc1cc2c(Oc3ccc(N)c(Cl)c3)ccnc2cc1OCCCN1CCC2(CC1)COC2. The number of aryl methyl sites for hydroxylation is 2. The zero-order valence-electron chi connectivity index (χ0n) is 33.7. The molecule has 308 valence electrons. The molecule has 0 saturated carbocycles. The monoisotopic (exact) mass is 827 g/mol. The van der Waals surface area contributed by atoms with Gasteiger partial charge in [0.25, 0.3) is 0 Å². The van der Waals surface area contributed by atoms with Crippen molar-refractivity contribution < 1.29 is 23.7 Å². The number of nitrogen functional groups attached to an aromatic ring is 1. The van der Waals surface area contributed by atoms with Gasteiger partial charge in [-0.25, -0.2) is 0 Å². The van der Waals surface area contributed by atoms with Gasteiger partial charge in [0.1, 0.15) is 23.0 Å². The molecule has 2 aromatic heterocycles. The van der Waals surface area contributed by atoms with Crippen LogP contribution >= 0.6 is 23.2 Å². The highest BCUT2D eigenvalue weighted by molar-refractivity contribution is 6.35. The van der Waals surface area contributed by atoms with E-state index in [0.717, 1.165) is 114 Å². The number of anilines is 1. The average Bonchev–Trinajstić information content (AvgIpc) is 3.20. The molecule has 0 atom stereocenters. The number of nitrogens with two attached hydrogens (primary N) is 1. The summed E-state index contributed by atoms with van der Waals surface area (Å²) in [6.07, 6.45) is 10.6. The molecule has 12 heteroatoms. The van der Waals surface area contributed by atoms with Crippen molar-refractivity contribution in [1.29, 1.82) is 0 Å². The Kier molecular flexibility index (Phi) is 12.8. The molecule has 2 spiro atoms. The zero-order valence-corrected chi connectivity index (χ0v) is 35.3. The fraction of sp³-hybridized carbons (Fsp3) is 0.478. The molecule has 4 fully saturated rings. The van der Waals surface area contributed by atoms with Gasteiger partial charge in [-0.3, -0.25) is 9.97 Å². The third-order valence-electron chi connectivity index (χ3n) is 12.4. The number of rotatable bonds is 12. The summed E-state index contributed by atoms with van der Waals surface area (Å²) < 4.78 is 29.1. The summed E-state index contributed by atoms with van der Waals surface area (Å²) in [4.78, 5) is 14.0. The standard InChI is InChI=1S/C26H30ClN3O3.C20H25ClN2O2/c1-18-13-20-23(29-8-5-24(20)33-19-3-4-22(28)21(27)14-19)15-25(18)32-12-2-9-30-10-6-26(7-11-30)16-31-17-26;1-15-11-16-17(21)3-6-22-18(16)12-19(15)25-10-2-7-23-8-4-20(5-9-23)13-24-14-20/h3-5,8,13-15H,2,6-7,9-12,16-17,28H2,1H3;3,6,11-12H,2,4-5,7-10,13-14H2,1H3. The van der Waals surface area contributed by atoms with Crippen LogP contribution in [0.25, 0.3) is 21.8 Å². The fourth-order valence-electron chi connectivity index (χ4n) is 8.40. The smallest absolute Gasteiger partial charge is 0.138 e. The van der Waals surface area contributed by atoms with Crippen molar-refractivity contribution in [1.82, 2.24) is 19.8 Å². The van der Waals surface area contributed by atoms with Crippen LogP contribution in [-0.4, -0.2) is 98.7 Å². The number of likely N-dealkylation sites (tertiary alicyclic amines) is 2. The maximum Gasteiger partial charge on any atom is 0.138 e. The van der Waals surface area contributed by atoms with Crippen molar-refractivity contribution in [3.63, 3.8) is 0 Å². The summed E-state index contributed by atoms with van der Waals surface area (Å²) in [5.41, 5.74) is 11.2. The molecule has 4 aliphatic rings. The van der Waals surface area contributed by atoms with Crippen LogP contribution in [-0.2, 0) is 9.47 Å². The van der Waals surface area contributed by atoms with Crippen LogP contribution in [0.1, 0.15) is 49.7 Å². The van der Waals surface area contributed by atoms with E-state index >= 15 is 0 Å². The van der Waals surface area contributed by atoms with E-state index in [1.165, 1.54) is 51.9 Å². The molecule has 4 aliphatic heterocycles. The van der Waals surface area contributed by atoms with Crippen LogP contribution in [0, 0.1) is 24.7 Å². The summed E-state index contributed by atoms with van der Waals surface area (Å²) in [5, 5.41) is 3.12. The van der Waals surface area contributed by atoms with Gasteiger partial charge in [0.15, 0.2) is 0 Å². The molecule has 0 aliphatic carbocycles. The maximum absolute atomic E-state index is 6.23. The lowest BCUT2D eigenvalue weighted by Crippen LogP contribution is -2.51. The first-order valence-corrected chi connectivity index (χ1v) is 21.5. The van der Waals surface area contributed by atoms with E-state index in [4.69, 9.17) is 52.6 Å². The second-order valence-electron chi connectivity index (χ2n) is 16.7. The van der Waals surface area contributed by atoms with Crippen LogP contribution < -0.4 is 19.9 Å². The van der Waals surface area contributed by atoms with Crippen molar-refractivity contribution in [2.24, 2.45) is 10.8 Å². The van der Waals surface area contributed by atoms with E-state index < -0.39 is 0 Å². The van der Waals surface area contributed by atoms with Crippen molar-refractivity contribution >= 4 is 50.7 Å². The lowest BCUT2D eigenvalue weighted by molar-refractivity contribution is -0.139. The van der Waals surface area contributed by atoms with Crippen molar-refractivity contribution in [3.8, 4) is 23.0 Å². The highest BCUT2D eigenvalue weighted by Crippen LogP contribution is 2.40. The van der Waals surface area contributed by atoms with Crippen molar-refractivity contribution in [2.75, 3.05) is 84.6 Å². The number of aromatic nitrogens is 2. The van der Waals surface area contributed by atoms with Crippen LogP contribution in [0.3, 0.4) is 0 Å². The number of hydrogen-bond donors (Lipinski definition) is 1. The van der Waals surface area contributed by atoms with Crippen molar-refractivity contribution in [3.05, 3.63) is 88.2 Å². The number of halogens is 2. The van der Waals surface area contributed by atoms with E-state index in [-0.39, 0.29) is 0 Å². The summed E-state index contributed by atoms with van der Waals surface area (Å²) in [6.45, 7) is 16.3. The first-order valence-electron chi connectivity index (χ1n) is 20.7. The number of pyridine rings is 2. The molecule has 0 unspecified atom stereocenters. The largest absolute Gasteiger partial charge is 0.493 e. The minimum Gasteiger partial charge on any atom is -0.493 e. The number of piperidine rings is 2. The van der Waals surface area contributed by atoms with Gasteiger partial charge in [0.2, 0.25) is 0 Å². The fourth-order valence-corrected chi connectivity index (χ4v) is 8.78. The van der Waals surface area contributed by atoms with E-state index in [9.17, 15) is 0 Å². The van der Waals surface area contributed by atoms with Gasteiger partial charge < -0.3 is 39.2 Å². The average molecular weight is 829 g/mol. The lowest BCUT2D eigenvalue weighted by Gasteiger charge is -2.47. The zero-order chi connectivity index (χ0) is 40.1. The van der Waals surface area contributed by atoms with Gasteiger partial charge in [-0.15, -0.1) is 0 Å². The molecule has 10 nitrogen and oxygen atoms in total. The molecule has 5 aromatic rings. The van der Waals surface area contributed by atoms with E-state index in [1.54, 1.807) is 30.6 Å². The number of ether oxygens (including phenoxy) is 5. The van der Waals surface area contributed by atoms with Crippen LogP contribution in [0.5, 0.6) is 23.0 Å². The Morgan fingerprint density at radius 3 is 1.67 bits per heavy atom. The van der Waals surface area contributed by atoms with Gasteiger partial charge in [0, 0.05) is 65.3 Å². The summed E-state index contributed by atoms with van der Waals surface area (Å²) in [7, 11) is 0. The van der Waals surface area contributed by atoms with Gasteiger partial charge >= 0.3 is 0 Å². The van der Waals surface area contributed by atoms with Gasteiger partial charge in [-0.1, -0.05) is 23.2 Å². The molecule has 58 heavy (non-hydrogen) atoms. The van der Waals surface area contributed by atoms with Crippen molar-refractivity contribution in [2.45, 2.75) is 52.4 Å². The summed E-state index contributed by atoms with van der Waals surface area (Å²) in [5.74, 6) is 3.13. The predicted octanol–water partition coefficient (Wildman–Crippen LogP) is 9.53. The van der Waals surface area contributed by atoms with Gasteiger partial charge in [-0.2, -0.15) is 0 Å². The molecule has 3 aromatic carbocycles. The molecular formula is C46H55Cl2N5O5. The van der Waals surface area contributed by atoms with E-state index in [0.29, 0.717) is 33.9 Å². The normalized spacial score (nSPS) is 18.7. The van der Waals surface area contributed by atoms with Crippen LogP contribution in [0.4, 0.5) is 5.69 Å². The summed E-state index contributed by atoms with van der Waals surface area (Å²) >= 11 is 12.4. The number of nitrogens with zero attached hydrogens (tertiary/aromatic N) is 4. The Bertz CT molecular complexity index is 2190. The van der Waals surface area contributed by atoms with Gasteiger partial charge in [-0.05, 0) is 126 Å². The molecule has 0 bridgehead atoms. The second-order valence-corrected chi connectivity index (χ2v) is 17.5. The molecule has 0 radical (unpaired) electrons. The third kappa shape index (κ3) is 9.59. The Labute approximate surface area is 351 Å². The molecule has 0 amide bonds. The van der Waals surface area contributed by atoms with E-state index in [2.05, 4.69) is 45.7 Å². The number of benzene rings is 3. The van der Waals surface area contributed by atoms with Crippen LogP contribution in [0.15, 0.2) is 67.0 Å². The lowest BCUT2D eigenvalue weighted by atomic mass is 9.77. The molecule has 4 saturated heterocycles. The van der Waals surface area contributed by atoms with Gasteiger partial charge in [0.05, 0.1) is 66.4 Å². The minimum absolute atomic E-state index is 0.471. The van der Waals surface area contributed by atoms with E-state index in [1.807, 2.05) is 24.3 Å². The Balaban J connectivity index is 0.000000168. The molecular weight excluding hydrogens is 773 g/mol. The number of fused-ring (bicyclic) bond motifs is 2. The third-order valence-corrected chi connectivity index (χ3v) is 13.1. The first kappa shape index (κ1) is 40.9. The highest BCUT2D eigenvalue weighted by atomic mass is 35.5. The molecule has 6 heterocycles. The Hall–Kier alpha value is -3.90. The topological polar surface area (TPSA) is 104 Å². The minimum atomic E-state index is 0.471. The quantitative estimate of drug-likeness (QED) is 0.0967. The second kappa shape index (κ2) is 18.2. The highest BCUT2D eigenvalue weighted by Gasteiger charge is 2.41. The predicted molar refractivity (Wildman–Crippen MR) is 232 cm³/mol. The summed E-state index contributed by atoms with van der Waals surface area (Å²) in [6, 6.07) is 17.1. The Morgan fingerprint density at radius 2 is 1.16 bits per heavy atom. The first-order chi connectivity index (χ1) is 28.2. The van der Waals surface area contributed by atoms with Crippen LogP contribution in [0.2, 0.25) is 10.0 Å². The molecule has 9 rings (SSSR count). The molecule has 2 N–H and O–H groups in total. The maximum atomic E-state index is 6.23. The Morgan fingerprint density at radius 1 is 0.638 bits per heavy atom.